The Morgan fingerprint density at radius 2 is 1.12 bits per heavy atom. The first kappa shape index (κ1) is 44.2. The number of nitrogens with zero attached hydrogens (tertiary/aromatic N) is 2. The highest BCUT2D eigenvalue weighted by Crippen LogP contribution is 2.54. The van der Waals surface area contributed by atoms with Crippen LogP contribution in [0.2, 0.25) is 0 Å². The van der Waals surface area contributed by atoms with Gasteiger partial charge in [0.05, 0.1) is 11.3 Å². The van der Waals surface area contributed by atoms with E-state index in [0.717, 1.165) is 24.1 Å². The first-order valence-corrected chi connectivity index (χ1v) is 25.0. The van der Waals surface area contributed by atoms with Crippen LogP contribution in [-0.2, 0) is 32.5 Å². The molecule has 0 spiro atoms. The summed E-state index contributed by atoms with van der Waals surface area (Å²) in [6, 6.07) is 32.2. The monoisotopic (exact) mass is 863 g/mol. The highest BCUT2D eigenvalue weighted by molar-refractivity contribution is 7.00. The minimum absolute atomic E-state index is 0.0306. The summed E-state index contributed by atoms with van der Waals surface area (Å²) in [6.45, 7) is 40.6. The molecule has 1 aromatic heterocycles. The predicted octanol–water partition coefficient (Wildman–Crippen LogP) is 15.6. The lowest BCUT2D eigenvalue weighted by Crippen LogP contribution is -2.61. The third-order valence-corrected chi connectivity index (χ3v) is 17.1. The van der Waals surface area contributed by atoms with Gasteiger partial charge in [0, 0.05) is 33.8 Å². The second-order valence-corrected chi connectivity index (χ2v) is 25.6. The minimum Gasteiger partial charge on any atom is -0.468 e. The molecule has 338 valence electrons. The van der Waals surface area contributed by atoms with Gasteiger partial charge in [0.15, 0.2) is 0 Å². The van der Waals surface area contributed by atoms with Crippen LogP contribution in [0.3, 0.4) is 0 Å². The summed E-state index contributed by atoms with van der Waals surface area (Å²) in [6.07, 6.45) is 5.76. The lowest BCUT2D eigenvalue weighted by atomic mass is 9.35. The highest BCUT2D eigenvalue weighted by Gasteiger charge is 2.49. The van der Waals surface area contributed by atoms with Gasteiger partial charge in [-0.15, -0.1) is 0 Å². The molecule has 4 heteroatoms. The van der Waals surface area contributed by atoms with E-state index in [4.69, 9.17) is 4.42 Å². The van der Waals surface area contributed by atoms with Gasteiger partial charge in [-0.2, -0.15) is 0 Å². The zero-order valence-corrected chi connectivity index (χ0v) is 43.0. The van der Waals surface area contributed by atoms with Crippen molar-refractivity contribution >= 4 is 68.4 Å². The van der Waals surface area contributed by atoms with Crippen molar-refractivity contribution < 1.29 is 4.42 Å². The Labute approximate surface area is 392 Å². The number of rotatable bonds is 4. The van der Waals surface area contributed by atoms with Crippen molar-refractivity contribution in [3.8, 4) is 0 Å². The molecule has 2 aliphatic carbocycles. The molecule has 0 saturated carbocycles. The van der Waals surface area contributed by atoms with Crippen LogP contribution in [0.1, 0.15) is 193 Å². The van der Waals surface area contributed by atoms with Gasteiger partial charge in [-0.05, 0) is 181 Å². The average molecular weight is 863 g/mol. The van der Waals surface area contributed by atoms with Crippen LogP contribution >= 0.6 is 0 Å². The maximum atomic E-state index is 7.62. The zero-order chi connectivity index (χ0) is 46.7. The van der Waals surface area contributed by atoms with Crippen molar-refractivity contribution in [3.63, 3.8) is 0 Å². The SMILES string of the molecule is CCC(C)c1cc2c3c(c1)N(c1ccc4c(c1)C(C)(C)CCC4(C)C)c1c(oc4cc5c(cc14)C(C)(C)CCC5(C)C)B3c1ccc(C(C)(C)C)cc1N2c1ccc(C(C)(C)C)cc1C. The number of furan rings is 1. The summed E-state index contributed by atoms with van der Waals surface area (Å²) in [5.41, 5.74) is 23.7. The van der Waals surface area contributed by atoms with Crippen LogP contribution in [0.4, 0.5) is 34.1 Å². The zero-order valence-electron chi connectivity index (χ0n) is 43.0. The van der Waals surface area contributed by atoms with Crippen LogP contribution in [0, 0.1) is 6.92 Å². The number of aryl methyl sites for hydroxylation is 1. The van der Waals surface area contributed by atoms with Gasteiger partial charge in [0.2, 0.25) is 0 Å². The van der Waals surface area contributed by atoms with E-state index in [0.29, 0.717) is 5.92 Å². The van der Waals surface area contributed by atoms with E-state index in [-0.39, 0.29) is 39.2 Å². The molecule has 0 amide bonds. The first-order valence-electron chi connectivity index (χ1n) is 25.0. The van der Waals surface area contributed by atoms with Gasteiger partial charge in [0.1, 0.15) is 5.58 Å². The second-order valence-electron chi connectivity index (χ2n) is 25.6. The summed E-state index contributed by atoms with van der Waals surface area (Å²) in [5.74, 6) is 0.367. The van der Waals surface area contributed by atoms with Crippen molar-refractivity contribution in [2.75, 3.05) is 9.80 Å². The molecule has 3 nitrogen and oxygen atoms in total. The smallest absolute Gasteiger partial charge is 0.297 e. The average Bonchev–Trinajstić information content (AvgIpc) is 3.60. The summed E-state index contributed by atoms with van der Waals surface area (Å²) in [4.78, 5) is 5.30. The summed E-state index contributed by atoms with van der Waals surface area (Å²) < 4.78 is 7.62. The molecule has 5 aromatic carbocycles. The van der Waals surface area contributed by atoms with E-state index in [1.807, 2.05) is 0 Å². The van der Waals surface area contributed by atoms with Crippen molar-refractivity contribution in [2.24, 2.45) is 0 Å². The summed E-state index contributed by atoms with van der Waals surface area (Å²) in [7, 11) is 0. The standard InChI is InChI=1S/C61H75BN2O/c1-18-36(2)38-30-50-53-51(31-38)64(48-24-20-39(29-37(48)3)56(4,5)6)49-32-40(57(7,8)9)19-23-47(49)62(53)55-54(42-34-45-46(35-52(42)65-55)61(16,17)28-27-60(45,14)15)63(50)41-21-22-43-44(33-41)59(12,13)26-25-58(43,10)11/h19-24,29-36H,18,25-28H2,1-17H3. The van der Waals surface area contributed by atoms with E-state index in [9.17, 15) is 0 Å². The summed E-state index contributed by atoms with van der Waals surface area (Å²) in [5, 5.41) is 1.23. The van der Waals surface area contributed by atoms with E-state index in [1.165, 1.54) is 114 Å². The molecule has 6 aromatic rings. The Balaban J connectivity index is 1.36. The molecule has 0 fully saturated rings. The van der Waals surface area contributed by atoms with E-state index >= 15 is 0 Å². The molecular formula is C61H75BN2O. The maximum absolute atomic E-state index is 7.62. The third kappa shape index (κ3) is 6.71. The van der Waals surface area contributed by atoms with Gasteiger partial charge in [-0.1, -0.05) is 141 Å². The predicted molar refractivity (Wildman–Crippen MR) is 282 cm³/mol. The highest BCUT2D eigenvalue weighted by atomic mass is 16.3. The lowest BCUT2D eigenvalue weighted by molar-refractivity contribution is 0.332. The third-order valence-electron chi connectivity index (χ3n) is 17.1. The van der Waals surface area contributed by atoms with Gasteiger partial charge < -0.3 is 14.2 Å². The quantitative estimate of drug-likeness (QED) is 0.164. The van der Waals surface area contributed by atoms with Gasteiger partial charge in [0.25, 0.3) is 6.71 Å². The van der Waals surface area contributed by atoms with Crippen molar-refractivity contribution in [1.29, 1.82) is 0 Å². The number of hydrogen-bond acceptors (Lipinski definition) is 3. The Kier molecular flexibility index (Phi) is 9.62. The van der Waals surface area contributed by atoms with Crippen LogP contribution in [0.15, 0.2) is 83.3 Å². The largest absolute Gasteiger partial charge is 0.468 e. The van der Waals surface area contributed by atoms with Crippen LogP contribution < -0.4 is 26.4 Å². The van der Waals surface area contributed by atoms with Gasteiger partial charge in [-0.25, -0.2) is 0 Å². The first-order chi connectivity index (χ1) is 30.2. The fourth-order valence-corrected chi connectivity index (χ4v) is 12.2. The van der Waals surface area contributed by atoms with E-state index < -0.39 is 0 Å². The number of benzene rings is 5. The number of anilines is 6. The van der Waals surface area contributed by atoms with Gasteiger partial charge in [-0.3, -0.25) is 0 Å². The number of fused-ring (bicyclic) bond motifs is 8. The topological polar surface area (TPSA) is 19.6 Å². The Hall–Kier alpha value is -4.70. The lowest BCUT2D eigenvalue weighted by Gasteiger charge is -2.45. The maximum Gasteiger partial charge on any atom is 0.297 e. The fraction of sp³-hybridized carbons (Fsp3) is 0.475. The summed E-state index contributed by atoms with van der Waals surface area (Å²) >= 11 is 0. The molecule has 4 aliphatic rings. The Bertz CT molecular complexity index is 2940. The molecule has 0 radical (unpaired) electrons. The Morgan fingerprint density at radius 1 is 0.585 bits per heavy atom. The molecule has 3 heterocycles. The van der Waals surface area contributed by atoms with Crippen molar-refractivity contribution in [2.45, 2.75) is 188 Å². The Morgan fingerprint density at radius 3 is 1.71 bits per heavy atom. The normalized spacial score (nSPS) is 19.3. The molecule has 0 bridgehead atoms. The van der Waals surface area contributed by atoms with Gasteiger partial charge >= 0.3 is 0 Å². The fourth-order valence-electron chi connectivity index (χ4n) is 12.2. The molecule has 65 heavy (non-hydrogen) atoms. The van der Waals surface area contributed by atoms with E-state index in [2.05, 4.69) is 206 Å². The second kappa shape index (κ2) is 14.2. The minimum atomic E-state index is -0.0925. The molecular weight excluding hydrogens is 787 g/mol. The van der Waals surface area contributed by atoms with Crippen LogP contribution in [0.5, 0.6) is 0 Å². The molecule has 2 aliphatic heterocycles. The number of hydrogen-bond donors (Lipinski definition) is 0. The van der Waals surface area contributed by atoms with E-state index in [1.54, 1.807) is 0 Å². The molecule has 1 atom stereocenters. The molecule has 0 saturated heterocycles. The van der Waals surface area contributed by atoms with Crippen molar-refractivity contribution in [1.82, 2.24) is 0 Å². The molecule has 1 unspecified atom stereocenters. The van der Waals surface area contributed by atoms with Crippen LogP contribution in [0.25, 0.3) is 11.0 Å². The van der Waals surface area contributed by atoms with Crippen LogP contribution in [-0.4, -0.2) is 6.71 Å². The molecule has 0 N–H and O–H groups in total. The molecule has 10 rings (SSSR count). The van der Waals surface area contributed by atoms with Crippen molar-refractivity contribution in [3.05, 3.63) is 123 Å².